The zero-order valence-corrected chi connectivity index (χ0v) is 11.0. The maximum Gasteiger partial charge on any atom is 0.229 e. The van der Waals surface area contributed by atoms with Gasteiger partial charge in [-0.15, -0.1) is 0 Å². The minimum Gasteiger partial charge on any atom is -0.283 e. The van der Waals surface area contributed by atoms with E-state index >= 15 is 0 Å². The molecule has 0 bridgehead atoms. The van der Waals surface area contributed by atoms with Gasteiger partial charge in [-0.25, -0.2) is 8.42 Å². The minimum absolute atomic E-state index is 0.533. The Morgan fingerprint density at radius 3 is 2.67 bits per heavy atom. The zero-order chi connectivity index (χ0) is 13.0. The third-order valence-electron chi connectivity index (χ3n) is 2.62. The van der Waals surface area contributed by atoms with E-state index in [0.717, 1.165) is 31.1 Å². The number of anilines is 1. The Hall–Kier alpha value is -1.73. The molecule has 0 amide bonds. The number of benzene rings is 1. The van der Waals surface area contributed by atoms with E-state index in [9.17, 15) is 8.42 Å². The van der Waals surface area contributed by atoms with Crippen molar-refractivity contribution >= 4 is 15.7 Å². The molecule has 18 heavy (non-hydrogen) atoms. The van der Waals surface area contributed by atoms with E-state index in [1.807, 2.05) is 12.1 Å². The smallest absolute Gasteiger partial charge is 0.229 e. The molecule has 0 saturated carbocycles. The summed E-state index contributed by atoms with van der Waals surface area (Å²) in [5.74, 6) is 6.13. The molecule has 0 spiro atoms. The van der Waals surface area contributed by atoms with Gasteiger partial charge >= 0.3 is 0 Å². The molecule has 0 aromatic heterocycles. The number of sulfonamides is 1. The van der Waals surface area contributed by atoms with Gasteiger partial charge in [0.1, 0.15) is 0 Å². The van der Waals surface area contributed by atoms with Crippen LogP contribution >= 0.6 is 0 Å². The summed E-state index contributed by atoms with van der Waals surface area (Å²) in [6, 6.07) is 7.16. The molecule has 0 saturated heterocycles. The summed E-state index contributed by atoms with van der Waals surface area (Å²) in [6.07, 6.45) is 6.55. The van der Waals surface area contributed by atoms with Gasteiger partial charge in [0.05, 0.1) is 11.9 Å². The summed E-state index contributed by atoms with van der Waals surface area (Å²) < 4.78 is 25.0. The normalized spacial score (nSPS) is 14.6. The highest BCUT2D eigenvalue weighted by molar-refractivity contribution is 7.92. The van der Waals surface area contributed by atoms with Gasteiger partial charge in [-0.1, -0.05) is 30.0 Å². The Labute approximate surface area is 108 Å². The number of para-hydroxylation sites is 1. The summed E-state index contributed by atoms with van der Waals surface area (Å²) >= 11 is 0. The standard InChI is InChI=1S/C14H15NO2S/c1-18(16,17)15-14-9-5-4-8-13(14)11-10-12-6-2-3-7-12/h4-6,8-9,15H,2-3,7H2,1H3. The molecule has 1 aromatic rings. The molecular formula is C14H15NO2S. The van der Waals surface area contributed by atoms with Crippen LogP contribution < -0.4 is 4.72 Å². The van der Waals surface area contributed by atoms with Gasteiger partial charge < -0.3 is 0 Å². The highest BCUT2D eigenvalue weighted by Gasteiger charge is 2.05. The molecule has 0 unspecified atom stereocenters. The largest absolute Gasteiger partial charge is 0.283 e. The first-order valence-corrected chi connectivity index (χ1v) is 7.71. The second-order valence-corrected chi connectivity index (χ2v) is 6.04. The summed E-state index contributed by atoms with van der Waals surface area (Å²) in [6.45, 7) is 0. The third kappa shape index (κ3) is 3.64. The Morgan fingerprint density at radius 2 is 2.00 bits per heavy atom. The van der Waals surface area contributed by atoms with Crippen LogP contribution in [0.5, 0.6) is 0 Å². The van der Waals surface area contributed by atoms with E-state index in [4.69, 9.17) is 0 Å². The Kier molecular flexibility index (Phi) is 3.73. The van der Waals surface area contributed by atoms with Gasteiger partial charge in [0.2, 0.25) is 10.0 Å². The molecule has 1 aliphatic carbocycles. The Bertz CT molecular complexity index is 633. The van der Waals surface area contributed by atoms with Crippen molar-refractivity contribution in [3.8, 4) is 11.8 Å². The van der Waals surface area contributed by atoms with Crippen LogP contribution in [0.25, 0.3) is 0 Å². The molecule has 0 fully saturated rings. The molecule has 3 nitrogen and oxygen atoms in total. The van der Waals surface area contributed by atoms with E-state index < -0.39 is 10.0 Å². The van der Waals surface area contributed by atoms with Gasteiger partial charge in [0, 0.05) is 5.56 Å². The van der Waals surface area contributed by atoms with Crippen LogP contribution in [0.15, 0.2) is 35.9 Å². The van der Waals surface area contributed by atoms with Crippen LogP contribution in [0.3, 0.4) is 0 Å². The fourth-order valence-corrected chi connectivity index (χ4v) is 2.39. The van der Waals surface area contributed by atoms with E-state index in [2.05, 4.69) is 22.6 Å². The molecule has 0 heterocycles. The van der Waals surface area contributed by atoms with Crippen LogP contribution in [0.1, 0.15) is 24.8 Å². The van der Waals surface area contributed by atoms with Gasteiger partial charge in [-0.2, -0.15) is 0 Å². The second-order valence-electron chi connectivity index (χ2n) is 4.29. The molecular weight excluding hydrogens is 246 g/mol. The van der Waals surface area contributed by atoms with E-state index in [0.29, 0.717) is 11.3 Å². The summed E-state index contributed by atoms with van der Waals surface area (Å²) in [5, 5.41) is 0. The highest BCUT2D eigenvalue weighted by atomic mass is 32.2. The zero-order valence-electron chi connectivity index (χ0n) is 10.2. The molecule has 0 aliphatic heterocycles. The van der Waals surface area contributed by atoms with Crippen molar-refractivity contribution in [2.75, 3.05) is 11.0 Å². The van der Waals surface area contributed by atoms with E-state index in [1.54, 1.807) is 12.1 Å². The van der Waals surface area contributed by atoms with Crippen molar-refractivity contribution in [2.45, 2.75) is 19.3 Å². The van der Waals surface area contributed by atoms with Crippen LogP contribution in [-0.2, 0) is 10.0 Å². The number of hydrogen-bond donors (Lipinski definition) is 1. The SMILES string of the molecule is CS(=O)(=O)Nc1ccccc1C#CC1=CCCC1. The van der Waals surface area contributed by atoms with Crippen LogP contribution in [-0.4, -0.2) is 14.7 Å². The lowest BCUT2D eigenvalue weighted by atomic mass is 10.1. The molecule has 1 N–H and O–H groups in total. The average molecular weight is 261 g/mol. The average Bonchev–Trinajstić information content (AvgIpc) is 2.79. The first kappa shape index (κ1) is 12.7. The van der Waals surface area contributed by atoms with Gasteiger partial charge in [-0.05, 0) is 37.0 Å². The lowest BCUT2D eigenvalue weighted by molar-refractivity contribution is 0.607. The van der Waals surface area contributed by atoms with Crippen molar-refractivity contribution in [1.29, 1.82) is 0 Å². The summed E-state index contributed by atoms with van der Waals surface area (Å²) in [4.78, 5) is 0. The van der Waals surface area contributed by atoms with Crippen molar-refractivity contribution in [3.05, 3.63) is 41.5 Å². The summed E-state index contributed by atoms with van der Waals surface area (Å²) in [5.41, 5.74) is 2.38. The topological polar surface area (TPSA) is 46.2 Å². The van der Waals surface area contributed by atoms with E-state index in [1.165, 1.54) is 0 Å². The molecule has 2 rings (SSSR count). The fourth-order valence-electron chi connectivity index (χ4n) is 1.81. The van der Waals surface area contributed by atoms with Gasteiger partial charge in [0.25, 0.3) is 0 Å². The molecule has 94 valence electrons. The van der Waals surface area contributed by atoms with Gasteiger partial charge in [-0.3, -0.25) is 4.72 Å². The predicted octanol–water partition coefficient (Wildman–Crippen LogP) is 2.52. The minimum atomic E-state index is -3.27. The van der Waals surface area contributed by atoms with Crippen LogP contribution in [0.4, 0.5) is 5.69 Å². The number of allylic oxidation sites excluding steroid dienone is 2. The third-order valence-corrected chi connectivity index (χ3v) is 3.21. The molecule has 1 aliphatic rings. The number of hydrogen-bond acceptors (Lipinski definition) is 2. The van der Waals surface area contributed by atoms with Crippen molar-refractivity contribution in [1.82, 2.24) is 0 Å². The first-order chi connectivity index (χ1) is 8.54. The summed E-state index contributed by atoms with van der Waals surface area (Å²) in [7, 11) is -3.27. The Morgan fingerprint density at radius 1 is 1.22 bits per heavy atom. The second kappa shape index (κ2) is 5.28. The molecule has 0 radical (unpaired) electrons. The van der Waals surface area contributed by atoms with Crippen molar-refractivity contribution in [3.63, 3.8) is 0 Å². The molecule has 1 aromatic carbocycles. The maximum absolute atomic E-state index is 11.2. The monoisotopic (exact) mass is 261 g/mol. The Balaban J connectivity index is 2.27. The van der Waals surface area contributed by atoms with Crippen LogP contribution in [0, 0.1) is 11.8 Å². The van der Waals surface area contributed by atoms with Crippen LogP contribution in [0.2, 0.25) is 0 Å². The van der Waals surface area contributed by atoms with E-state index in [-0.39, 0.29) is 0 Å². The number of rotatable bonds is 2. The predicted molar refractivity (Wildman–Crippen MR) is 73.7 cm³/mol. The quantitative estimate of drug-likeness (QED) is 0.831. The lowest BCUT2D eigenvalue weighted by Gasteiger charge is -2.05. The highest BCUT2D eigenvalue weighted by Crippen LogP contribution is 2.18. The van der Waals surface area contributed by atoms with Crippen molar-refractivity contribution in [2.24, 2.45) is 0 Å². The molecule has 0 atom stereocenters. The molecule has 4 heteroatoms. The van der Waals surface area contributed by atoms with Gasteiger partial charge in [0.15, 0.2) is 0 Å². The maximum atomic E-state index is 11.2. The van der Waals surface area contributed by atoms with Crippen molar-refractivity contribution < 1.29 is 8.42 Å². The number of nitrogens with one attached hydrogen (secondary N) is 1. The fraction of sp³-hybridized carbons (Fsp3) is 0.286. The first-order valence-electron chi connectivity index (χ1n) is 5.82. The lowest BCUT2D eigenvalue weighted by Crippen LogP contribution is -2.10.